The first-order valence-electron chi connectivity index (χ1n) is 11.3. The van der Waals surface area contributed by atoms with Crippen molar-refractivity contribution in [3.63, 3.8) is 0 Å². The second-order valence-electron chi connectivity index (χ2n) is 9.40. The average Bonchev–Trinajstić information content (AvgIpc) is 3.18. The van der Waals surface area contributed by atoms with E-state index in [1.807, 2.05) is 30.3 Å². The Balaban J connectivity index is 1.76. The van der Waals surface area contributed by atoms with E-state index in [4.69, 9.17) is 4.74 Å². The number of ether oxygens (including phenoxy) is 1. The SMILES string of the molecule is CC(C)(C)N(Cc1nn(-c2ccc(C(F)(F)F)cc2)c2ccc(OCc3ccccc3)cc12)C(=O)O. The highest BCUT2D eigenvalue weighted by Crippen LogP contribution is 2.32. The van der Waals surface area contributed by atoms with E-state index in [-0.39, 0.29) is 6.54 Å². The van der Waals surface area contributed by atoms with Crippen LogP contribution in [0.2, 0.25) is 0 Å². The molecule has 6 nitrogen and oxygen atoms in total. The minimum absolute atomic E-state index is 0.00882. The number of carboxylic acid groups (broad SMARTS) is 1. The summed E-state index contributed by atoms with van der Waals surface area (Å²) in [4.78, 5) is 13.2. The summed E-state index contributed by atoms with van der Waals surface area (Å²) in [5, 5.41) is 15.1. The predicted octanol–water partition coefficient (Wildman–Crippen LogP) is 6.90. The predicted molar refractivity (Wildman–Crippen MR) is 130 cm³/mol. The van der Waals surface area contributed by atoms with Gasteiger partial charge in [-0.05, 0) is 68.8 Å². The van der Waals surface area contributed by atoms with Crippen LogP contribution in [0.25, 0.3) is 16.6 Å². The summed E-state index contributed by atoms with van der Waals surface area (Å²) in [5.41, 5.74) is 1.04. The van der Waals surface area contributed by atoms with Crippen molar-refractivity contribution in [2.75, 3.05) is 0 Å². The topological polar surface area (TPSA) is 67.6 Å². The van der Waals surface area contributed by atoms with Gasteiger partial charge >= 0.3 is 12.3 Å². The molecule has 0 saturated heterocycles. The molecule has 3 aromatic carbocycles. The lowest BCUT2D eigenvalue weighted by molar-refractivity contribution is -0.137. The van der Waals surface area contributed by atoms with Crippen molar-refractivity contribution >= 4 is 17.0 Å². The molecule has 0 atom stereocenters. The lowest BCUT2D eigenvalue weighted by Gasteiger charge is -2.32. The highest BCUT2D eigenvalue weighted by molar-refractivity contribution is 5.85. The van der Waals surface area contributed by atoms with Gasteiger partial charge in [-0.2, -0.15) is 18.3 Å². The van der Waals surface area contributed by atoms with Crippen LogP contribution in [-0.4, -0.2) is 31.4 Å². The molecule has 1 amide bonds. The van der Waals surface area contributed by atoms with Gasteiger partial charge in [-0.3, -0.25) is 4.90 Å². The highest BCUT2D eigenvalue weighted by Gasteiger charge is 2.31. The van der Waals surface area contributed by atoms with E-state index in [2.05, 4.69) is 5.10 Å². The number of alkyl halides is 3. The molecular formula is C27H26F3N3O3. The van der Waals surface area contributed by atoms with Gasteiger partial charge in [-0.1, -0.05) is 30.3 Å². The van der Waals surface area contributed by atoms with Gasteiger partial charge in [0, 0.05) is 10.9 Å². The van der Waals surface area contributed by atoms with Gasteiger partial charge in [-0.15, -0.1) is 0 Å². The number of nitrogens with zero attached hydrogens (tertiary/aromatic N) is 3. The standard InChI is InChI=1S/C27H26F3N3O3/c1-26(2,3)32(25(34)35)16-23-22-15-21(36-17-18-7-5-4-6-8-18)13-14-24(22)33(31-23)20-11-9-19(10-12-20)27(28,29)30/h4-15H,16-17H2,1-3H3,(H,34,35). The quantitative estimate of drug-likeness (QED) is 0.315. The Morgan fingerprint density at radius 1 is 1.00 bits per heavy atom. The number of fused-ring (bicyclic) bond motifs is 1. The summed E-state index contributed by atoms with van der Waals surface area (Å²) in [6, 6.07) is 19.6. The number of aromatic nitrogens is 2. The molecule has 1 N–H and O–H groups in total. The normalized spacial score (nSPS) is 12.1. The van der Waals surface area contributed by atoms with Gasteiger partial charge in [0.1, 0.15) is 12.4 Å². The molecule has 1 aromatic heterocycles. The van der Waals surface area contributed by atoms with Gasteiger partial charge in [0.25, 0.3) is 0 Å². The number of benzene rings is 3. The van der Waals surface area contributed by atoms with Gasteiger partial charge < -0.3 is 9.84 Å². The Morgan fingerprint density at radius 2 is 1.67 bits per heavy atom. The summed E-state index contributed by atoms with van der Waals surface area (Å²) in [6.07, 6.45) is -5.55. The summed E-state index contributed by atoms with van der Waals surface area (Å²) >= 11 is 0. The number of hydrogen-bond acceptors (Lipinski definition) is 3. The zero-order valence-corrected chi connectivity index (χ0v) is 20.1. The van der Waals surface area contributed by atoms with Crippen LogP contribution in [0.3, 0.4) is 0 Å². The van der Waals surface area contributed by atoms with Gasteiger partial charge in [0.2, 0.25) is 0 Å². The van der Waals surface area contributed by atoms with E-state index >= 15 is 0 Å². The van der Waals surface area contributed by atoms with E-state index in [1.165, 1.54) is 21.7 Å². The lowest BCUT2D eigenvalue weighted by atomic mass is 10.1. The van der Waals surface area contributed by atoms with Crippen LogP contribution in [0.1, 0.15) is 37.6 Å². The maximum atomic E-state index is 13.1. The van der Waals surface area contributed by atoms with E-state index < -0.39 is 23.4 Å². The maximum absolute atomic E-state index is 13.1. The summed E-state index contributed by atoms with van der Waals surface area (Å²) in [5.74, 6) is 0.567. The zero-order chi connectivity index (χ0) is 26.1. The van der Waals surface area contributed by atoms with E-state index in [1.54, 1.807) is 39.0 Å². The molecule has 36 heavy (non-hydrogen) atoms. The van der Waals surface area contributed by atoms with Crippen molar-refractivity contribution in [2.45, 2.75) is 45.6 Å². The Bertz CT molecular complexity index is 1360. The Kier molecular flexibility index (Phi) is 6.67. The van der Waals surface area contributed by atoms with Crippen LogP contribution in [0.15, 0.2) is 72.8 Å². The van der Waals surface area contributed by atoms with Crippen molar-refractivity contribution in [1.82, 2.24) is 14.7 Å². The first-order valence-corrected chi connectivity index (χ1v) is 11.3. The largest absolute Gasteiger partial charge is 0.489 e. The van der Waals surface area contributed by atoms with Gasteiger partial charge in [-0.25, -0.2) is 9.48 Å². The third-order valence-electron chi connectivity index (χ3n) is 5.76. The molecule has 0 fully saturated rings. The van der Waals surface area contributed by atoms with Crippen LogP contribution in [0, 0.1) is 0 Å². The van der Waals surface area contributed by atoms with E-state index in [0.29, 0.717) is 34.6 Å². The monoisotopic (exact) mass is 497 g/mol. The fraction of sp³-hybridized carbons (Fsp3) is 0.259. The molecule has 0 radical (unpaired) electrons. The highest BCUT2D eigenvalue weighted by atomic mass is 19.4. The molecule has 188 valence electrons. The molecule has 0 unspecified atom stereocenters. The van der Waals surface area contributed by atoms with Crippen LogP contribution in [0.5, 0.6) is 5.75 Å². The maximum Gasteiger partial charge on any atom is 0.416 e. The first kappa shape index (κ1) is 25.1. The van der Waals surface area contributed by atoms with Gasteiger partial charge in [0.05, 0.1) is 29.0 Å². The molecule has 0 spiro atoms. The fourth-order valence-corrected chi connectivity index (χ4v) is 3.84. The Hall–Kier alpha value is -4.01. The molecule has 0 aliphatic heterocycles. The number of halogens is 3. The van der Waals surface area contributed by atoms with Crippen molar-refractivity contribution in [1.29, 1.82) is 0 Å². The van der Waals surface area contributed by atoms with Crippen LogP contribution < -0.4 is 4.74 Å². The van der Waals surface area contributed by atoms with E-state index in [9.17, 15) is 23.1 Å². The lowest BCUT2D eigenvalue weighted by Crippen LogP contribution is -2.44. The van der Waals surface area contributed by atoms with Crippen molar-refractivity contribution in [2.24, 2.45) is 0 Å². The molecule has 4 aromatic rings. The molecule has 9 heteroatoms. The first-order chi connectivity index (χ1) is 16.9. The Morgan fingerprint density at radius 3 is 2.25 bits per heavy atom. The van der Waals surface area contributed by atoms with Crippen molar-refractivity contribution in [3.8, 4) is 11.4 Å². The van der Waals surface area contributed by atoms with Crippen LogP contribution >= 0.6 is 0 Å². The van der Waals surface area contributed by atoms with E-state index in [0.717, 1.165) is 17.7 Å². The second kappa shape index (κ2) is 9.56. The number of hydrogen-bond donors (Lipinski definition) is 1. The minimum Gasteiger partial charge on any atom is -0.489 e. The van der Waals surface area contributed by atoms with Crippen molar-refractivity contribution < 1.29 is 27.8 Å². The third-order valence-corrected chi connectivity index (χ3v) is 5.76. The number of carbonyl (C=O) groups is 1. The molecule has 1 heterocycles. The zero-order valence-electron chi connectivity index (χ0n) is 20.1. The molecule has 4 rings (SSSR count). The van der Waals surface area contributed by atoms with Crippen LogP contribution in [-0.2, 0) is 19.3 Å². The van der Waals surface area contributed by atoms with Crippen molar-refractivity contribution in [3.05, 3.63) is 89.6 Å². The summed E-state index contributed by atoms with van der Waals surface area (Å²) < 4.78 is 46.6. The number of rotatable bonds is 6. The summed E-state index contributed by atoms with van der Waals surface area (Å²) in [6.45, 7) is 5.68. The number of amides is 1. The molecule has 0 aliphatic carbocycles. The molecule has 0 bridgehead atoms. The molecule has 0 aliphatic rings. The smallest absolute Gasteiger partial charge is 0.416 e. The molecule has 0 saturated carbocycles. The Labute approximate surface area is 206 Å². The van der Waals surface area contributed by atoms with Gasteiger partial charge in [0.15, 0.2) is 0 Å². The molecular weight excluding hydrogens is 471 g/mol. The van der Waals surface area contributed by atoms with Crippen LogP contribution in [0.4, 0.5) is 18.0 Å². The summed E-state index contributed by atoms with van der Waals surface area (Å²) in [7, 11) is 0. The average molecular weight is 498 g/mol. The minimum atomic E-state index is -4.45. The third kappa shape index (κ3) is 5.45. The fourth-order valence-electron chi connectivity index (χ4n) is 3.84. The second-order valence-corrected chi connectivity index (χ2v) is 9.40.